The summed E-state index contributed by atoms with van der Waals surface area (Å²) in [5.41, 5.74) is 5.68. The van der Waals surface area contributed by atoms with Crippen molar-refractivity contribution in [3.8, 4) is 0 Å². The molecule has 0 bridgehead atoms. The van der Waals surface area contributed by atoms with Crippen molar-refractivity contribution in [1.29, 1.82) is 5.41 Å². The number of aliphatic imine (C=N–C) groups is 1. The van der Waals surface area contributed by atoms with Crippen molar-refractivity contribution < 1.29 is 4.79 Å². The highest BCUT2D eigenvalue weighted by molar-refractivity contribution is 5.96. The summed E-state index contributed by atoms with van der Waals surface area (Å²) < 4.78 is 1.36. The minimum absolute atomic E-state index is 0.0365. The van der Waals surface area contributed by atoms with Crippen LogP contribution in [-0.4, -0.2) is 45.0 Å². The molecule has 3 N–H and O–H groups in total. The van der Waals surface area contributed by atoms with E-state index in [2.05, 4.69) is 9.98 Å². The number of nitrogens with one attached hydrogen (secondary N) is 1. The van der Waals surface area contributed by atoms with Crippen molar-refractivity contribution in [3.63, 3.8) is 0 Å². The first-order chi connectivity index (χ1) is 12.0. The summed E-state index contributed by atoms with van der Waals surface area (Å²) in [6.45, 7) is 2.53. The normalized spacial score (nSPS) is 18.4. The van der Waals surface area contributed by atoms with Crippen LogP contribution in [0.1, 0.15) is 30.1 Å². The summed E-state index contributed by atoms with van der Waals surface area (Å²) in [6.07, 6.45) is 4.45. The van der Waals surface area contributed by atoms with Crippen molar-refractivity contribution in [2.75, 3.05) is 13.1 Å². The molecule has 25 heavy (non-hydrogen) atoms. The Balaban J connectivity index is 1.86. The van der Waals surface area contributed by atoms with Gasteiger partial charge in [0.1, 0.15) is 17.0 Å². The van der Waals surface area contributed by atoms with Gasteiger partial charge in [0.25, 0.3) is 11.5 Å². The Bertz CT molecular complexity index is 913. The first-order valence-electron chi connectivity index (χ1n) is 8.12. The summed E-state index contributed by atoms with van der Waals surface area (Å²) in [7, 11) is 0. The Labute approximate surface area is 144 Å². The number of likely N-dealkylation sites (tertiary alicyclic amines) is 1. The molecule has 130 valence electrons. The minimum atomic E-state index is -0.386. The number of nitrogens with two attached hydrogens (primary N) is 1. The second-order valence-corrected chi connectivity index (χ2v) is 6.13. The Hall–Kier alpha value is -3.03. The third-order valence-electron chi connectivity index (χ3n) is 4.24. The van der Waals surface area contributed by atoms with Gasteiger partial charge >= 0.3 is 0 Å². The first kappa shape index (κ1) is 16.8. The maximum absolute atomic E-state index is 12.8. The molecule has 3 heterocycles. The number of carbonyl (C=O) groups is 1. The quantitative estimate of drug-likeness (QED) is 0.624. The summed E-state index contributed by atoms with van der Waals surface area (Å²) in [5.74, 6) is -0.0367. The van der Waals surface area contributed by atoms with Crippen LogP contribution in [-0.2, 0) is 0 Å². The number of hydrogen-bond donors (Lipinski definition) is 2. The second-order valence-electron chi connectivity index (χ2n) is 6.13. The van der Waals surface area contributed by atoms with Gasteiger partial charge in [-0.1, -0.05) is 6.07 Å². The molecule has 3 rings (SSSR count). The zero-order chi connectivity index (χ0) is 18.0. The van der Waals surface area contributed by atoms with E-state index in [9.17, 15) is 9.59 Å². The maximum atomic E-state index is 12.8. The predicted molar refractivity (Wildman–Crippen MR) is 95.1 cm³/mol. The molecular weight excluding hydrogens is 320 g/mol. The van der Waals surface area contributed by atoms with Crippen molar-refractivity contribution in [3.05, 3.63) is 46.5 Å². The van der Waals surface area contributed by atoms with Gasteiger partial charge in [-0.25, -0.2) is 9.98 Å². The van der Waals surface area contributed by atoms with Crippen LogP contribution in [0.15, 0.2) is 40.4 Å². The van der Waals surface area contributed by atoms with Crippen LogP contribution < -0.4 is 11.3 Å². The van der Waals surface area contributed by atoms with E-state index in [1.54, 1.807) is 36.2 Å². The van der Waals surface area contributed by atoms with Crippen LogP contribution in [0.3, 0.4) is 0 Å². The first-order valence-corrected chi connectivity index (χ1v) is 8.12. The number of amides is 1. The SMILES string of the molecule is CC(N)=NC(=N)C1CCCN(C(=O)c2cnc3ccccn3c2=O)C1. The van der Waals surface area contributed by atoms with Crippen LogP contribution >= 0.6 is 0 Å². The Morgan fingerprint density at radius 2 is 2.24 bits per heavy atom. The van der Waals surface area contributed by atoms with Gasteiger partial charge in [-0.3, -0.25) is 19.4 Å². The fourth-order valence-corrected chi connectivity index (χ4v) is 3.01. The largest absolute Gasteiger partial charge is 0.387 e. The van der Waals surface area contributed by atoms with Crippen LogP contribution in [0.4, 0.5) is 0 Å². The van der Waals surface area contributed by atoms with Crippen LogP contribution in [0.5, 0.6) is 0 Å². The number of rotatable bonds is 2. The van der Waals surface area contributed by atoms with Crippen LogP contribution in [0, 0.1) is 11.3 Å². The second kappa shape index (κ2) is 6.84. The highest BCUT2D eigenvalue weighted by Gasteiger charge is 2.28. The highest BCUT2D eigenvalue weighted by Crippen LogP contribution is 2.19. The fraction of sp³-hybridized carbons (Fsp3) is 0.353. The molecule has 0 saturated carbocycles. The molecule has 1 atom stereocenters. The number of carbonyl (C=O) groups excluding carboxylic acids is 1. The number of hydrogen-bond acceptors (Lipinski definition) is 4. The maximum Gasteiger partial charge on any atom is 0.270 e. The van der Waals surface area contributed by atoms with Gasteiger partial charge in [0.05, 0.1) is 5.84 Å². The number of fused-ring (bicyclic) bond motifs is 1. The molecule has 2 aromatic rings. The van der Waals surface area contributed by atoms with Crippen molar-refractivity contribution in [1.82, 2.24) is 14.3 Å². The molecular formula is C17H20N6O2. The molecule has 2 aromatic heterocycles. The zero-order valence-electron chi connectivity index (χ0n) is 14.0. The van der Waals surface area contributed by atoms with E-state index in [0.717, 1.165) is 12.8 Å². The van der Waals surface area contributed by atoms with E-state index in [0.29, 0.717) is 24.6 Å². The Morgan fingerprint density at radius 3 is 3.00 bits per heavy atom. The molecule has 0 spiro atoms. The third-order valence-corrected chi connectivity index (χ3v) is 4.24. The minimum Gasteiger partial charge on any atom is -0.387 e. The smallest absolute Gasteiger partial charge is 0.270 e. The lowest BCUT2D eigenvalue weighted by Gasteiger charge is -2.32. The molecule has 0 aromatic carbocycles. The van der Waals surface area contributed by atoms with E-state index >= 15 is 0 Å². The molecule has 1 fully saturated rings. The van der Waals surface area contributed by atoms with Crippen LogP contribution in [0.25, 0.3) is 5.65 Å². The fourth-order valence-electron chi connectivity index (χ4n) is 3.01. The molecule has 1 saturated heterocycles. The molecule has 8 heteroatoms. The molecule has 0 aliphatic carbocycles. The molecule has 1 unspecified atom stereocenters. The van der Waals surface area contributed by atoms with Gasteiger partial charge in [0, 0.05) is 31.4 Å². The molecule has 1 aliphatic rings. The van der Waals surface area contributed by atoms with E-state index in [1.165, 1.54) is 10.6 Å². The number of aromatic nitrogens is 2. The molecule has 1 amide bonds. The predicted octanol–water partition coefficient (Wildman–Crippen LogP) is 0.901. The van der Waals surface area contributed by atoms with E-state index in [-0.39, 0.29) is 28.8 Å². The standard InChI is InChI=1S/C17H20N6O2/c1-11(18)21-15(19)12-5-4-7-22(10-12)16(24)13-9-20-14-6-2-3-8-23(14)17(13)25/h2-3,6,8-9,12H,4-5,7,10H2,1H3,(H3,18,19,21). The lowest BCUT2D eigenvalue weighted by atomic mass is 9.96. The zero-order valence-corrected chi connectivity index (χ0v) is 14.0. The summed E-state index contributed by atoms with van der Waals surface area (Å²) >= 11 is 0. The Kier molecular flexibility index (Phi) is 4.60. The lowest BCUT2D eigenvalue weighted by Crippen LogP contribution is -2.44. The number of piperidine rings is 1. The van der Waals surface area contributed by atoms with Gasteiger partial charge < -0.3 is 10.6 Å². The lowest BCUT2D eigenvalue weighted by molar-refractivity contribution is 0.0700. The average molecular weight is 340 g/mol. The molecule has 8 nitrogen and oxygen atoms in total. The summed E-state index contributed by atoms with van der Waals surface area (Å²) in [6, 6.07) is 5.21. The van der Waals surface area contributed by atoms with Gasteiger partial charge in [0.2, 0.25) is 0 Å². The van der Waals surface area contributed by atoms with E-state index < -0.39 is 0 Å². The third kappa shape index (κ3) is 3.42. The number of pyridine rings is 1. The average Bonchev–Trinajstić information content (AvgIpc) is 2.61. The van der Waals surface area contributed by atoms with Gasteiger partial charge in [-0.15, -0.1) is 0 Å². The van der Waals surface area contributed by atoms with Crippen molar-refractivity contribution in [2.45, 2.75) is 19.8 Å². The van der Waals surface area contributed by atoms with Crippen LogP contribution in [0.2, 0.25) is 0 Å². The number of nitrogens with zero attached hydrogens (tertiary/aromatic N) is 4. The van der Waals surface area contributed by atoms with E-state index in [1.807, 2.05) is 0 Å². The molecule has 1 aliphatic heterocycles. The monoisotopic (exact) mass is 340 g/mol. The van der Waals surface area contributed by atoms with Gasteiger partial charge in [0.15, 0.2) is 0 Å². The number of amidine groups is 2. The highest BCUT2D eigenvalue weighted by atomic mass is 16.2. The van der Waals surface area contributed by atoms with Gasteiger partial charge in [-0.2, -0.15) is 0 Å². The summed E-state index contributed by atoms with van der Waals surface area (Å²) in [5, 5.41) is 8.02. The van der Waals surface area contributed by atoms with Crippen molar-refractivity contribution >= 4 is 23.2 Å². The molecule has 0 radical (unpaired) electrons. The van der Waals surface area contributed by atoms with E-state index in [4.69, 9.17) is 11.1 Å². The van der Waals surface area contributed by atoms with Gasteiger partial charge in [-0.05, 0) is 31.9 Å². The van der Waals surface area contributed by atoms with Crippen molar-refractivity contribution in [2.24, 2.45) is 16.6 Å². The Morgan fingerprint density at radius 1 is 1.44 bits per heavy atom. The topological polar surface area (TPSA) is 117 Å². The summed E-state index contributed by atoms with van der Waals surface area (Å²) in [4.78, 5) is 35.1.